The number of carbonyl (C=O) groups excluding carboxylic acids is 1. The molecule has 3 rings (SSSR count). The van der Waals surface area contributed by atoms with Gasteiger partial charge >= 0.3 is 0 Å². The number of fused-ring (bicyclic) bond motifs is 1. The fourth-order valence-corrected chi connectivity index (χ4v) is 2.63. The molecule has 6 heteroatoms. The molecule has 6 nitrogen and oxygen atoms in total. The van der Waals surface area contributed by atoms with E-state index in [1.807, 2.05) is 42.2 Å². The SMILES string of the molecule is Cn1cccc1C(=O)NCC[C@@H]1CNCc2ccnn21. The maximum Gasteiger partial charge on any atom is 0.267 e. The number of amides is 1. The normalized spacial score (nSPS) is 17.8. The van der Waals surface area contributed by atoms with Gasteiger partial charge in [0.2, 0.25) is 0 Å². The maximum atomic E-state index is 12.0. The molecule has 20 heavy (non-hydrogen) atoms. The predicted octanol–water partition coefficient (Wildman–Crippen LogP) is 0.686. The third-order valence-corrected chi connectivity index (χ3v) is 3.72. The minimum atomic E-state index is -0.0260. The quantitative estimate of drug-likeness (QED) is 0.861. The third-order valence-electron chi connectivity index (χ3n) is 3.72. The van der Waals surface area contributed by atoms with Gasteiger partial charge in [0.05, 0.1) is 11.7 Å². The number of hydrogen-bond acceptors (Lipinski definition) is 3. The van der Waals surface area contributed by atoms with Gasteiger partial charge in [0.1, 0.15) is 5.69 Å². The van der Waals surface area contributed by atoms with Crippen molar-refractivity contribution in [1.82, 2.24) is 25.0 Å². The molecule has 0 spiro atoms. The molecule has 0 saturated carbocycles. The molecule has 1 atom stereocenters. The number of nitrogens with zero attached hydrogens (tertiary/aromatic N) is 3. The summed E-state index contributed by atoms with van der Waals surface area (Å²) in [7, 11) is 1.87. The summed E-state index contributed by atoms with van der Waals surface area (Å²) in [6, 6.07) is 6.03. The molecule has 0 saturated heterocycles. The fraction of sp³-hybridized carbons (Fsp3) is 0.429. The maximum absolute atomic E-state index is 12.0. The Kier molecular flexibility index (Phi) is 3.56. The number of carbonyl (C=O) groups is 1. The number of rotatable bonds is 4. The molecule has 0 bridgehead atoms. The van der Waals surface area contributed by atoms with Crippen LogP contribution in [0.3, 0.4) is 0 Å². The van der Waals surface area contributed by atoms with Crippen LogP contribution in [0, 0.1) is 0 Å². The van der Waals surface area contributed by atoms with Gasteiger partial charge in [0.15, 0.2) is 0 Å². The smallest absolute Gasteiger partial charge is 0.267 e. The number of aryl methyl sites for hydroxylation is 1. The van der Waals surface area contributed by atoms with Crippen LogP contribution in [0.15, 0.2) is 30.6 Å². The molecular weight excluding hydrogens is 254 g/mol. The van der Waals surface area contributed by atoms with E-state index in [2.05, 4.69) is 20.4 Å². The van der Waals surface area contributed by atoms with E-state index in [1.54, 1.807) is 0 Å². The van der Waals surface area contributed by atoms with E-state index in [-0.39, 0.29) is 5.91 Å². The minimum Gasteiger partial charge on any atom is -0.351 e. The lowest BCUT2D eigenvalue weighted by atomic mass is 10.1. The molecule has 2 aromatic heterocycles. The summed E-state index contributed by atoms with van der Waals surface area (Å²) in [6.45, 7) is 2.41. The van der Waals surface area contributed by atoms with E-state index < -0.39 is 0 Å². The monoisotopic (exact) mass is 273 g/mol. The van der Waals surface area contributed by atoms with Crippen molar-refractivity contribution in [3.63, 3.8) is 0 Å². The zero-order valence-corrected chi connectivity index (χ0v) is 11.5. The molecule has 2 aromatic rings. The van der Waals surface area contributed by atoms with Crippen LogP contribution in [0.1, 0.15) is 28.6 Å². The Hall–Kier alpha value is -2.08. The first-order chi connectivity index (χ1) is 9.75. The molecular formula is C14H19N5O. The first kappa shape index (κ1) is 12.9. The standard InChI is InChI=1S/C14H19N5O/c1-18-8-2-3-13(18)14(20)16-6-4-11-9-15-10-12-5-7-17-19(11)12/h2-3,5,7-8,11,15H,4,6,9-10H2,1H3,(H,16,20)/t11-/m1/s1. The summed E-state index contributed by atoms with van der Waals surface area (Å²) in [5.74, 6) is -0.0260. The number of nitrogens with one attached hydrogen (secondary N) is 2. The Labute approximate surface area is 117 Å². The third kappa shape index (κ3) is 2.46. The van der Waals surface area contributed by atoms with Crippen LogP contribution >= 0.6 is 0 Å². The van der Waals surface area contributed by atoms with Crippen LogP contribution in [-0.2, 0) is 13.6 Å². The van der Waals surface area contributed by atoms with Crippen molar-refractivity contribution in [3.05, 3.63) is 42.0 Å². The van der Waals surface area contributed by atoms with E-state index >= 15 is 0 Å². The lowest BCUT2D eigenvalue weighted by Gasteiger charge is -2.25. The van der Waals surface area contributed by atoms with Gasteiger partial charge in [-0.05, 0) is 24.6 Å². The lowest BCUT2D eigenvalue weighted by Crippen LogP contribution is -2.36. The molecule has 0 aromatic carbocycles. The van der Waals surface area contributed by atoms with Crippen molar-refractivity contribution in [2.45, 2.75) is 19.0 Å². The Bertz CT molecular complexity index is 600. The molecule has 0 fully saturated rings. The van der Waals surface area contributed by atoms with Crippen molar-refractivity contribution >= 4 is 5.91 Å². The first-order valence-electron chi connectivity index (χ1n) is 6.88. The highest BCUT2D eigenvalue weighted by Crippen LogP contribution is 2.16. The van der Waals surface area contributed by atoms with Gasteiger partial charge < -0.3 is 15.2 Å². The minimum absolute atomic E-state index is 0.0260. The van der Waals surface area contributed by atoms with Gasteiger partial charge in [0, 0.05) is 39.1 Å². The van der Waals surface area contributed by atoms with E-state index in [1.165, 1.54) is 5.69 Å². The van der Waals surface area contributed by atoms with Gasteiger partial charge in [0.25, 0.3) is 5.91 Å². The number of hydrogen-bond donors (Lipinski definition) is 2. The molecule has 1 aliphatic rings. The Morgan fingerprint density at radius 2 is 2.45 bits per heavy atom. The van der Waals surface area contributed by atoms with Crippen molar-refractivity contribution in [3.8, 4) is 0 Å². The molecule has 2 N–H and O–H groups in total. The van der Waals surface area contributed by atoms with Crippen molar-refractivity contribution in [2.75, 3.05) is 13.1 Å². The molecule has 1 aliphatic heterocycles. The van der Waals surface area contributed by atoms with Crippen molar-refractivity contribution < 1.29 is 4.79 Å². The van der Waals surface area contributed by atoms with Crippen LogP contribution < -0.4 is 10.6 Å². The van der Waals surface area contributed by atoms with E-state index in [0.29, 0.717) is 18.3 Å². The highest BCUT2D eigenvalue weighted by atomic mass is 16.1. The molecule has 0 aliphatic carbocycles. The summed E-state index contributed by atoms with van der Waals surface area (Å²) >= 11 is 0. The van der Waals surface area contributed by atoms with Crippen LogP contribution in [0.2, 0.25) is 0 Å². The zero-order chi connectivity index (χ0) is 13.9. The van der Waals surface area contributed by atoms with Gasteiger partial charge in [-0.1, -0.05) is 0 Å². The Morgan fingerprint density at radius 1 is 1.55 bits per heavy atom. The van der Waals surface area contributed by atoms with Gasteiger partial charge in [-0.25, -0.2) is 0 Å². The molecule has 0 radical (unpaired) electrons. The fourth-order valence-electron chi connectivity index (χ4n) is 2.63. The van der Waals surface area contributed by atoms with E-state index in [4.69, 9.17) is 0 Å². The molecule has 1 amide bonds. The Morgan fingerprint density at radius 3 is 3.25 bits per heavy atom. The highest BCUT2D eigenvalue weighted by molar-refractivity contribution is 5.92. The first-order valence-corrected chi connectivity index (χ1v) is 6.88. The topological polar surface area (TPSA) is 63.9 Å². The van der Waals surface area contributed by atoms with Crippen LogP contribution in [0.4, 0.5) is 0 Å². The largest absolute Gasteiger partial charge is 0.351 e. The molecule has 3 heterocycles. The van der Waals surface area contributed by atoms with Gasteiger partial charge in [-0.15, -0.1) is 0 Å². The summed E-state index contributed by atoms with van der Waals surface area (Å²) < 4.78 is 3.88. The van der Waals surface area contributed by atoms with Crippen LogP contribution in [-0.4, -0.2) is 33.3 Å². The van der Waals surface area contributed by atoms with Crippen LogP contribution in [0.5, 0.6) is 0 Å². The summed E-state index contributed by atoms with van der Waals surface area (Å²) in [5, 5.41) is 10.7. The summed E-state index contributed by atoms with van der Waals surface area (Å²) in [5.41, 5.74) is 1.89. The van der Waals surface area contributed by atoms with E-state index in [0.717, 1.165) is 19.5 Å². The van der Waals surface area contributed by atoms with Gasteiger partial charge in [-0.2, -0.15) is 5.10 Å². The van der Waals surface area contributed by atoms with Gasteiger partial charge in [-0.3, -0.25) is 9.48 Å². The summed E-state index contributed by atoms with van der Waals surface area (Å²) in [4.78, 5) is 12.0. The van der Waals surface area contributed by atoms with E-state index in [9.17, 15) is 4.79 Å². The second-order valence-corrected chi connectivity index (χ2v) is 5.10. The average molecular weight is 273 g/mol. The molecule has 106 valence electrons. The second kappa shape index (κ2) is 5.50. The molecule has 0 unspecified atom stereocenters. The second-order valence-electron chi connectivity index (χ2n) is 5.10. The predicted molar refractivity (Wildman–Crippen MR) is 75.3 cm³/mol. The Balaban J connectivity index is 1.54. The number of aromatic nitrogens is 3. The van der Waals surface area contributed by atoms with Crippen molar-refractivity contribution in [1.29, 1.82) is 0 Å². The average Bonchev–Trinajstić information content (AvgIpc) is 3.07. The van der Waals surface area contributed by atoms with Crippen LogP contribution in [0.25, 0.3) is 0 Å². The summed E-state index contributed by atoms with van der Waals surface area (Å²) in [6.07, 6.45) is 4.58. The van der Waals surface area contributed by atoms with Crippen molar-refractivity contribution in [2.24, 2.45) is 7.05 Å². The lowest BCUT2D eigenvalue weighted by molar-refractivity contribution is 0.0943. The highest BCUT2D eigenvalue weighted by Gasteiger charge is 2.19. The zero-order valence-electron chi connectivity index (χ0n) is 11.5.